The molecule has 2 rings (SSSR count). The van der Waals surface area contributed by atoms with Gasteiger partial charge in [0.1, 0.15) is 11.9 Å². The van der Waals surface area contributed by atoms with Crippen molar-refractivity contribution in [1.82, 2.24) is 0 Å². The standard InChI is InChI=1S/C10H13NO/c1-7-9(11)6-8-4-2-3-5-10(8)12-7/h2-5,7,9H,6,11H2,1H3. The Kier molecular flexibility index (Phi) is 1.77. The Hall–Kier alpha value is -1.02. The predicted molar refractivity (Wildman–Crippen MR) is 48.2 cm³/mol. The molecule has 0 radical (unpaired) electrons. The van der Waals surface area contributed by atoms with E-state index in [1.165, 1.54) is 5.56 Å². The molecule has 0 saturated carbocycles. The molecule has 0 fully saturated rings. The van der Waals surface area contributed by atoms with E-state index in [0.717, 1.165) is 12.2 Å². The molecular formula is C10H13NO. The van der Waals surface area contributed by atoms with Gasteiger partial charge in [-0.3, -0.25) is 0 Å². The van der Waals surface area contributed by atoms with Crippen molar-refractivity contribution in [3.05, 3.63) is 29.8 Å². The van der Waals surface area contributed by atoms with Crippen LogP contribution in [0.4, 0.5) is 0 Å². The van der Waals surface area contributed by atoms with Crippen LogP contribution in [0.5, 0.6) is 5.75 Å². The van der Waals surface area contributed by atoms with Crippen molar-refractivity contribution in [3.8, 4) is 5.75 Å². The molecule has 2 unspecified atom stereocenters. The lowest BCUT2D eigenvalue weighted by molar-refractivity contribution is 0.169. The molecule has 2 atom stereocenters. The third-order valence-electron chi connectivity index (χ3n) is 2.34. The minimum absolute atomic E-state index is 0.139. The Balaban J connectivity index is 2.34. The maximum atomic E-state index is 5.87. The lowest BCUT2D eigenvalue weighted by Crippen LogP contribution is -2.41. The molecule has 12 heavy (non-hydrogen) atoms. The van der Waals surface area contributed by atoms with Crippen LogP contribution in [0, 0.1) is 0 Å². The van der Waals surface area contributed by atoms with Crippen LogP contribution in [0.25, 0.3) is 0 Å². The Morgan fingerprint density at radius 1 is 1.42 bits per heavy atom. The van der Waals surface area contributed by atoms with E-state index in [1.807, 2.05) is 25.1 Å². The first kappa shape index (κ1) is 7.62. The molecule has 0 amide bonds. The van der Waals surface area contributed by atoms with E-state index in [0.29, 0.717) is 0 Å². The van der Waals surface area contributed by atoms with Gasteiger partial charge < -0.3 is 10.5 Å². The highest BCUT2D eigenvalue weighted by Gasteiger charge is 2.22. The van der Waals surface area contributed by atoms with Gasteiger partial charge in [0.25, 0.3) is 0 Å². The fourth-order valence-electron chi connectivity index (χ4n) is 1.50. The van der Waals surface area contributed by atoms with Crippen molar-refractivity contribution < 1.29 is 4.74 Å². The zero-order valence-electron chi connectivity index (χ0n) is 7.16. The second kappa shape index (κ2) is 2.79. The largest absolute Gasteiger partial charge is 0.489 e. The van der Waals surface area contributed by atoms with E-state index < -0.39 is 0 Å². The third kappa shape index (κ3) is 1.18. The molecule has 0 aliphatic carbocycles. The van der Waals surface area contributed by atoms with Crippen molar-refractivity contribution in [2.75, 3.05) is 0 Å². The molecule has 1 heterocycles. The zero-order chi connectivity index (χ0) is 8.55. The number of hydrogen-bond donors (Lipinski definition) is 1. The average Bonchev–Trinajstić information content (AvgIpc) is 2.07. The van der Waals surface area contributed by atoms with Crippen LogP contribution in [-0.2, 0) is 6.42 Å². The van der Waals surface area contributed by atoms with Crippen molar-refractivity contribution in [3.63, 3.8) is 0 Å². The summed E-state index contributed by atoms with van der Waals surface area (Å²) in [7, 11) is 0. The Morgan fingerprint density at radius 3 is 3.00 bits per heavy atom. The van der Waals surface area contributed by atoms with Crippen LogP contribution in [0.15, 0.2) is 24.3 Å². The van der Waals surface area contributed by atoms with Crippen LogP contribution < -0.4 is 10.5 Å². The summed E-state index contributed by atoms with van der Waals surface area (Å²) in [6.07, 6.45) is 1.07. The smallest absolute Gasteiger partial charge is 0.123 e. The summed E-state index contributed by atoms with van der Waals surface area (Å²) in [6.45, 7) is 2.01. The molecule has 0 saturated heterocycles. The van der Waals surface area contributed by atoms with Crippen molar-refractivity contribution in [2.45, 2.75) is 25.5 Å². The first-order valence-corrected chi connectivity index (χ1v) is 4.27. The topological polar surface area (TPSA) is 35.2 Å². The number of para-hydroxylation sites is 1. The highest BCUT2D eigenvalue weighted by atomic mass is 16.5. The zero-order valence-corrected chi connectivity index (χ0v) is 7.16. The minimum atomic E-state index is 0.139. The SMILES string of the molecule is CC1Oc2ccccc2CC1N. The summed E-state index contributed by atoms with van der Waals surface area (Å²) in [5, 5.41) is 0. The number of hydrogen-bond acceptors (Lipinski definition) is 2. The minimum Gasteiger partial charge on any atom is -0.489 e. The molecule has 1 aromatic carbocycles. The second-order valence-electron chi connectivity index (χ2n) is 3.30. The van der Waals surface area contributed by atoms with E-state index in [2.05, 4.69) is 6.07 Å². The number of ether oxygens (including phenoxy) is 1. The summed E-state index contributed by atoms with van der Waals surface area (Å²) >= 11 is 0. The molecule has 64 valence electrons. The van der Waals surface area contributed by atoms with Crippen molar-refractivity contribution >= 4 is 0 Å². The summed E-state index contributed by atoms with van der Waals surface area (Å²) in [6, 6.07) is 8.21. The fourth-order valence-corrected chi connectivity index (χ4v) is 1.50. The normalized spacial score (nSPS) is 27.5. The molecule has 1 aromatic rings. The van der Waals surface area contributed by atoms with Crippen molar-refractivity contribution in [1.29, 1.82) is 0 Å². The van der Waals surface area contributed by atoms with Gasteiger partial charge in [-0.2, -0.15) is 0 Å². The van der Waals surface area contributed by atoms with Crippen LogP contribution >= 0.6 is 0 Å². The number of fused-ring (bicyclic) bond motifs is 1. The quantitative estimate of drug-likeness (QED) is 0.626. The van der Waals surface area contributed by atoms with Gasteiger partial charge in [0.05, 0.1) is 0 Å². The van der Waals surface area contributed by atoms with Crippen LogP contribution in [0.2, 0.25) is 0 Å². The summed E-state index contributed by atoms with van der Waals surface area (Å²) in [5.74, 6) is 0.992. The fraction of sp³-hybridized carbons (Fsp3) is 0.400. The van der Waals surface area contributed by atoms with E-state index >= 15 is 0 Å². The van der Waals surface area contributed by atoms with E-state index in [1.54, 1.807) is 0 Å². The monoisotopic (exact) mass is 163 g/mol. The summed E-state index contributed by atoms with van der Waals surface area (Å²) in [4.78, 5) is 0. The maximum absolute atomic E-state index is 5.87. The second-order valence-corrected chi connectivity index (χ2v) is 3.30. The lowest BCUT2D eigenvalue weighted by Gasteiger charge is -2.28. The van der Waals surface area contributed by atoms with Gasteiger partial charge in [-0.1, -0.05) is 18.2 Å². The molecule has 2 heteroatoms. The predicted octanol–water partition coefficient (Wildman–Crippen LogP) is 1.34. The van der Waals surface area contributed by atoms with E-state index in [9.17, 15) is 0 Å². The molecule has 0 bridgehead atoms. The summed E-state index contributed by atoms with van der Waals surface area (Å²) < 4.78 is 5.62. The Bertz CT molecular complexity index is 256. The van der Waals surface area contributed by atoms with Gasteiger partial charge in [-0.25, -0.2) is 0 Å². The molecule has 0 aromatic heterocycles. The number of rotatable bonds is 0. The van der Waals surface area contributed by atoms with Gasteiger partial charge in [0.2, 0.25) is 0 Å². The molecule has 2 nitrogen and oxygen atoms in total. The highest BCUT2D eigenvalue weighted by Crippen LogP contribution is 2.26. The van der Waals surface area contributed by atoms with Gasteiger partial charge in [0.15, 0.2) is 0 Å². The van der Waals surface area contributed by atoms with Crippen molar-refractivity contribution in [2.24, 2.45) is 5.73 Å². The number of benzene rings is 1. The third-order valence-corrected chi connectivity index (χ3v) is 2.34. The molecular weight excluding hydrogens is 150 g/mol. The van der Waals surface area contributed by atoms with Gasteiger partial charge in [0, 0.05) is 6.04 Å². The molecule has 1 aliphatic heterocycles. The van der Waals surface area contributed by atoms with Gasteiger partial charge >= 0.3 is 0 Å². The van der Waals surface area contributed by atoms with Gasteiger partial charge in [-0.05, 0) is 25.0 Å². The average molecular weight is 163 g/mol. The molecule has 0 spiro atoms. The van der Waals surface area contributed by atoms with Gasteiger partial charge in [-0.15, -0.1) is 0 Å². The van der Waals surface area contributed by atoms with Crippen LogP contribution in [0.3, 0.4) is 0 Å². The van der Waals surface area contributed by atoms with Crippen LogP contribution in [0.1, 0.15) is 12.5 Å². The number of nitrogens with two attached hydrogens (primary N) is 1. The maximum Gasteiger partial charge on any atom is 0.123 e. The molecule has 2 N–H and O–H groups in total. The highest BCUT2D eigenvalue weighted by molar-refractivity contribution is 5.36. The Morgan fingerprint density at radius 2 is 2.17 bits per heavy atom. The first-order valence-electron chi connectivity index (χ1n) is 4.27. The first-order chi connectivity index (χ1) is 5.77. The van der Waals surface area contributed by atoms with E-state index in [4.69, 9.17) is 10.5 Å². The Labute approximate surface area is 72.3 Å². The lowest BCUT2D eigenvalue weighted by atomic mass is 9.99. The summed E-state index contributed by atoms with van der Waals surface area (Å²) in [5.41, 5.74) is 7.09. The molecule has 1 aliphatic rings. The van der Waals surface area contributed by atoms with Crippen LogP contribution in [-0.4, -0.2) is 12.1 Å². The van der Waals surface area contributed by atoms with E-state index in [-0.39, 0.29) is 12.1 Å².